The minimum atomic E-state index is -0.894. The lowest BCUT2D eigenvalue weighted by atomic mass is 9.96. The van der Waals surface area contributed by atoms with Crippen molar-refractivity contribution in [3.05, 3.63) is 24.3 Å². The van der Waals surface area contributed by atoms with Crippen LogP contribution < -0.4 is 14.8 Å². The molecule has 1 unspecified atom stereocenters. The van der Waals surface area contributed by atoms with Crippen LogP contribution in [0.25, 0.3) is 0 Å². The molecule has 1 saturated heterocycles. The summed E-state index contributed by atoms with van der Waals surface area (Å²) in [5.41, 5.74) is -0.894. The Bertz CT molecular complexity index is 700. The van der Waals surface area contributed by atoms with Crippen molar-refractivity contribution in [3.63, 3.8) is 0 Å². The molecule has 1 aliphatic heterocycles. The summed E-state index contributed by atoms with van der Waals surface area (Å²) in [4.78, 5) is 37.2. The maximum Gasteiger partial charge on any atom is 0.326 e. The highest BCUT2D eigenvalue weighted by molar-refractivity contribution is 6.08. The van der Waals surface area contributed by atoms with Gasteiger partial charge in [0.05, 0.1) is 7.11 Å². The van der Waals surface area contributed by atoms with Gasteiger partial charge in [0.2, 0.25) is 0 Å². The first-order valence-corrected chi connectivity index (χ1v) is 8.50. The van der Waals surface area contributed by atoms with Crippen LogP contribution in [0.5, 0.6) is 11.5 Å². The van der Waals surface area contributed by atoms with Crippen LogP contribution in [0.3, 0.4) is 0 Å². The molecule has 140 valence electrons. The number of benzene rings is 1. The number of nitrogens with one attached hydrogen (secondary N) is 1. The number of hydrogen-bond donors (Lipinski definition) is 1. The summed E-state index contributed by atoms with van der Waals surface area (Å²) in [5, 5.41) is 2.69. The molecule has 1 heterocycles. The second kappa shape index (κ2) is 7.23. The van der Waals surface area contributed by atoms with Crippen LogP contribution in [0.1, 0.15) is 19.8 Å². The van der Waals surface area contributed by atoms with Gasteiger partial charge in [-0.15, -0.1) is 0 Å². The van der Waals surface area contributed by atoms with E-state index in [0.717, 1.165) is 23.5 Å². The molecular weight excluding hydrogens is 340 g/mol. The normalized spacial score (nSPS) is 22.2. The summed E-state index contributed by atoms with van der Waals surface area (Å²) in [6.07, 6.45) is 1.81. The third kappa shape index (κ3) is 3.74. The number of esters is 1. The summed E-state index contributed by atoms with van der Waals surface area (Å²) in [6.45, 7) is 1.50. The molecule has 1 atom stereocenters. The molecule has 0 spiro atoms. The maximum atomic E-state index is 12.4. The van der Waals surface area contributed by atoms with E-state index in [9.17, 15) is 14.4 Å². The zero-order valence-electron chi connectivity index (χ0n) is 14.8. The van der Waals surface area contributed by atoms with Crippen molar-refractivity contribution in [2.75, 3.05) is 26.9 Å². The summed E-state index contributed by atoms with van der Waals surface area (Å²) < 4.78 is 15.5. The lowest BCUT2D eigenvalue weighted by Gasteiger charge is -2.20. The van der Waals surface area contributed by atoms with E-state index >= 15 is 0 Å². The molecule has 0 radical (unpaired) electrons. The van der Waals surface area contributed by atoms with Gasteiger partial charge in [-0.3, -0.25) is 14.5 Å². The molecule has 1 aliphatic carbocycles. The Balaban J connectivity index is 1.41. The van der Waals surface area contributed by atoms with Gasteiger partial charge < -0.3 is 19.5 Å². The van der Waals surface area contributed by atoms with Crippen LogP contribution in [0.4, 0.5) is 4.79 Å². The van der Waals surface area contributed by atoms with E-state index in [1.165, 1.54) is 0 Å². The first-order valence-electron chi connectivity index (χ1n) is 8.50. The number of nitrogens with zero attached hydrogens (tertiary/aromatic N) is 1. The fourth-order valence-electron chi connectivity index (χ4n) is 2.96. The monoisotopic (exact) mass is 362 g/mol. The first-order chi connectivity index (χ1) is 12.4. The molecule has 0 bridgehead atoms. The maximum absolute atomic E-state index is 12.4. The van der Waals surface area contributed by atoms with E-state index in [2.05, 4.69) is 5.32 Å². The standard InChI is InChI=1S/C18H22N2O6/c1-18(12-3-4-12)16(22)20(17(23)19-18)11-15(21)26-10-9-25-14-7-5-13(24-2)6-8-14/h5-8,12H,3-4,9-11H2,1-2H3,(H,19,23). The third-order valence-corrected chi connectivity index (χ3v) is 4.66. The molecular formula is C18H22N2O6. The second-order valence-corrected chi connectivity index (χ2v) is 6.54. The van der Waals surface area contributed by atoms with Crippen LogP contribution in [0.15, 0.2) is 24.3 Å². The molecule has 3 rings (SSSR count). The van der Waals surface area contributed by atoms with Crippen molar-refractivity contribution in [1.82, 2.24) is 10.2 Å². The van der Waals surface area contributed by atoms with Gasteiger partial charge in [0.1, 0.15) is 36.8 Å². The van der Waals surface area contributed by atoms with Crippen LogP contribution >= 0.6 is 0 Å². The molecule has 1 aromatic carbocycles. The van der Waals surface area contributed by atoms with E-state index in [1.54, 1.807) is 38.3 Å². The minimum Gasteiger partial charge on any atom is -0.497 e. The van der Waals surface area contributed by atoms with E-state index in [-0.39, 0.29) is 25.0 Å². The van der Waals surface area contributed by atoms with Crippen LogP contribution in [-0.2, 0) is 14.3 Å². The van der Waals surface area contributed by atoms with Crippen molar-refractivity contribution < 1.29 is 28.6 Å². The molecule has 26 heavy (non-hydrogen) atoms. The number of hydrogen-bond acceptors (Lipinski definition) is 6. The smallest absolute Gasteiger partial charge is 0.326 e. The fraction of sp³-hybridized carbons (Fsp3) is 0.500. The van der Waals surface area contributed by atoms with E-state index in [0.29, 0.717) is 5.75 Å². The largest absolute Gasteiger partial charge is 0.497 e. The summed E-state index contributed by atoms with van der Waals surface area (Å²) in [5.74, 6) is 0.479. The Morgan fingerprint density at radius 1 is 1.19 bits per heavy atom. The van der Waals surface area contributed by atoms with Crippen molar-refractivity contribution in [3.8, 4) is 11.5 Å². The van der Waals surface area contributed by atoms with Gasteiger partial charge in [0.15, 0.2) is 0 Å². The lowest BCUT2D eigenvalue weighted by molar-refractivity contribution is -0.148. The van der Waals surface area contributed by atoms with E-state index < -0.39 is 24.1 Å². The van der Waals surface area contributed by atoms with Gasteiger partial charge >= 0.3 is 12.0 Å². The SMILES string of the molecule is COc1ccc(OCCOC(=O)CN2C(=O)NC(C)(C3CC3)C2=O)cc1. The highest BCUT2D eigenvalue weighted by Crippen LogP contribution is 2.42. The fourth-order valence-corrected chi connectivity index (χ4v) is 2.96. The number of imide groups is 1. The zero-order chi connectivity index (χ0) is 18.7. The zero-order valence-corrected chi connectivity index (χ0v) is 14.8. The molecule has 1 saturated carbocycles. The second-order valence-electron chi connectivity index (χ2n) is 6.54. The molecule has 2 aliphatic rings. The molecule has 2 fully saturated rings. The molecule has 1 aromatic rings. The third-order valence-electron chi connectivity index (χ3n) is 4.66. The summed E-state index contributed by atoms with van der Waals surface area (Å²) in [7, 11) is 1.58. The molecule has 8 nitrogen and oxygen atoms in total. The predicted molar refractivity (Wildman–Crippen MR) is 90.8 cm³/mol. The summed E-state index contributed by atoms with van der Waals surface area (Å²) in [6, 6.07) is 6.46. The Hall–Kier alpha value is -2.77. The molecule has 8 heteroatoms. The number of ether oxygens (including phenoxy) is 3. The number of urea groups is 1. The topological polar surface area (TPSA) is 94.2 Å². The molecule has 0 aromatic heterocycles. The number of methoxy groups -OCH3 is 1. The molecule has 3 amide bonds. The van der Waals surface area contributed by atoms with Crippen molar-refractivity contribution in [2.24, 2.45) is 5.92 Å². The minimum absolute atomic E-state index is 0.0222. The van der Waals surface area contributed by atoms with E-state index in [1.807, 2.05) is 0 Å². The van der Waals surface area contributed by atoms with Gasteiger partial charge in [0, 0.05) is 0 Å². The van der Waals surface area contributed by atoms with Gasteiger partial charge in [0.25, 0.3) is 5.91 Å². The van der Waals surface area contributed by atoms with Gasteiger partial charge in [-0.25, -0.2) is 4.79 Å². The van der Waals surface area contributed by atoms with Crippen molar-refractivity contribution in [1.29, 1.82) is 0 Å². The van der Waals surface area contributed by atoms with Gasteiger partial charge in [-0.05, 0) is 49.9 Å². The Labute approximate surface area is 151 Å². The summed E-state index contributed by atoms with van der Waals surface area (Å²) >= 11 is 0. The van der Waals surface area contributed by atoms with Crippen LogP contribution in [0, 0.1) is 5.92 Å². The number of rotatable bonds is 8. The van der Waals surface area contributed by atoms with Gasteiger partial charge in [-0.1, -0.05) is 0 Å². The van der Waals surface area contributed by atoms with Gasteiger partial charge in [-0.2, -0.15) is 0 Å². The Morgan fingerprint density at radius 2 is 1.85 bits per heavy atom. The quantitative estimate of drug-likeness (QED) is 0.426. The number of carbonyl (C=O) groups excluding carboxylic acids is 3. The lowest BCUT2D eigenvalue weighted by Crippen LogP contribution is -2.46. The van der Waals surface area contributed by atoms with E-state index in [4.69, 9.17) is 14.2 Å². The highest BCUT2D eigenvalue weighted by atomic mass is 16.6. The Morgan fingerprint density at radius 3 is 2.46 bits per heavy atom. The average molecular weight is 362 g/mol. The number of carbonyl (C=O) groups is 3. The van der Waals surface area contributed by atoms with Crippen molar-refractivity contribution >= 4 is 17.9 Å². The average Bonchev–Trinajstić information content (AvgIpc) is 3.45. The first kappa shape index (κ1) is 18.0. The molecule has 1 N–H and O–H groups in total. The van der Waals surface area contributed by atoms with Crippen molar-refractivity contribution in [2.45, 2.75) is 25.3 Å². The van der Waals surface area contributed by atoms with Crippen LogP contribution in [0.2, 0.25) is 0 Å². The predicted octanol–water partition coefficient (Wildman–Crippen LogP) is 1.34. The van der Waals surface area contributed by atoms with Crippen LogP contribution in [-0.4, -0.2) is 55.2 Å². The number of amides is 3. The highest BCUT2D eigenvalue weighted by Gasteiger charge is 2.56. The Kier molecular flexibility index (Phi) is 5.01.